The number of amides is 4. The lowest BCUT2D eigenvalue weighted by atomic mass is 9.91. The van der Waals surface area contributed by atoms with E-state index in [0.29, 0.717) is 65.2 Å². The Morgan fingerprint density at radius 3 is 2.41 bits per heavy atom. The Balaban J connectivity index is 0.806. The number of hydrogen-bond acceptors (Lipinski definition) is 16. The van der Waals surface area contributed by atoms with Gasteiger partial charge in [0.1, 0.15) is 34.8 Å². The third-order valence-corrected chi connectivity index (χ3v) is 15.9. The van der Waals surface area contributed by atoms with Crippen molar-refractivity contribution in [2.45, 2.75) is 71.6 Å². The number of rotatable bonds is 21. The molecule has 0 unspecified atom stereocenters. The Morgan fingerprint density at radius 1 is 0.963 bits per heavy atom. The van der Waals surface area contributed by atoms with Crippen LogP contribution in [0.3, 0.4) is 0 Å². The highest BCUT2D eigenvalue weighted by Crippen LogP contribution is 2.43. The van der Waals surface area contributed by atoms with Crippen molar-refractivity contribution in [2.24, 2.45) is 5.92 Å². The summed E-state index contributed by atoms with van der Waals surface area (Å²) in [4.78, 5) is 75.4. The standard InChI is InChI=1S/C58H66ClFN10O9S/c1-33(2)50(48-25-34(3)66-79-48)57(76)70-30-41(73)28-47(70)56(75)63-46(37-11-13-38(14-12-37)54-35(4)62-32-80-54)31-78-24-23-77-22-21-67(6)49(74)15-16-61-58-64-53-44(55(65-58)69-19-17-68(18-20-69)36(5)71)29-45(59)51(52(53)60)43-27-40(72)26-39-9-7-8-10-42(39)43/h7-14,25-27,29,32-33,41,46-47,50,72-73H,15-24,28,30-31H2,1-6H3,(H,63,75)(H,61,64,65)/t41-,46+,47+,50+/m1/s1. The molecule has 0 spiro atoms. The number of carbonyl (C=O) groups excluding carboxylic acids is 4. The summed E-state index contributed by atoms with van der Waals surface area (Å²) in [7, 11) is 1.67. The number of phenols is 1. The van der Waals surface area contributed by atoms with E-state index >= 15 is 4.39 Å². The average molecular weight is 1130 g/mol. The number of aliphatic hydroxyl groups excluding tert-OH is 1. The molecule has 19 nitrogen and oxygen atoms in total. The zero-order valence-electron chi connectivity index (χ0n) is 45.6. The molecule has 22 heteroatoms. The molecule has 0 saturated carbocycles. The number of aromatic nitrogens is 4. The topological polar surface area (TPSA) is 229 Å². The fourth-order valence-electron chi connectivity index (χ4n) is 10.4. The lowest BCUT2D eigenvalue weighted by molar-refractivity contribution is -0.141. The van der Waals surface area contributed by atoms with Crippen molar-refractivity contribution in [1.82, 2.24) is 40.1 Å². The largest absolute Gasteiger partial charge is 0.508 e. The van der Waals surface area contributed by atoms with Crippen molar-refractivity contribution < 1.29 is 47.8 Å². The molecule has 80 heavy (non-hydrogen) atoms. The van der Waals surface area contributed by atoms with Crippen LogP contribution in [-0.2, 0) is 28.7 Å². The van der Waals surface area contributed by atoms with Gasteiger partial charge in [0.05, 0.1) is 65.4 Å². The van der Waals surface area contributed by atoms with E-state index in [4.69, 9.17) is 30.6 Å². The summed E-state index contributed by atoms with van der Waals surface area (Å²) in [6.45, 7) is 11.9. The van der Waals surface area contributed by atoms with E-state index in [2.05, 4.69) is 25.8 Å². The Labute approximate surface area is 472 Å². The number of aromatic hydroxyl groups is 1. The van der Waals surface area contributed by atoms with Crippen LogP contribution in [0.25, 0.3) is 43.2 Å². The van der Waals surface area contributed by atoms with Crippen molar-refractivity contribution in [2.75, 3.05) is 89.5 Å². The van der Waals surface area contributed by atoms with E-state index in [1.54, 1.807) is 47.5 Å². The minimum absolute atomic E-state index is 0.000449. The highest BCUT2D eigenvalue weighted by Gasteiger charge is 2.44. The number of phenolic OH excluding ortho intramolecular Hbond substituents is 1. The van der Waals surface area contributed by atoms with Crippen LogP contribution in [0.4, 0.5) is 16.2 Å². The monoisotopic (exact) mass is 1130 g/mol. The maximum atomic E-state index is 17.1. The van der Waals surface area contributed by atoms with Gasteiger partial charge < -0.3 is 54.4 Å². The average Bonchev–Trinajstić information content (AvgIpc) is 4.20. The third-order valence-electron chi connectivity index (χ3n) is 14.7. The summed E-state index contributed by atoms with van der Waals surface area (Å²) in [5.74, 6) is -1.66. The lowest BCUT2D eigenvalue weighted by Gasteiger charge is -2.35. The summed E-state index contributed by atoms with van der Waals surface area (Å²) in [5, 5.41) is 33.6. The first-order valence-electron chi connectivity index (χ1n) is 26.7. The summed E-state index contributed by atoms with van der Waals surface area (Å²) in [6, 6.07) is 20.0. The number of aliphatic hydroxyl groups is 1. The second kappa shape index (κ2) is 25.4. The number of thiazole rings is 1. The number of nitrogens with zero attached hydrogens (tertiary/aromatic N) is 8. The molecular weight excluding hydrogens is 1070 g/mol. The first kappa shape index (κ1) is 57.4. The number of benzene rings is 4. The van der Waals surface area contributed by atoms with Crippen LogP contribution in [-0.4, -0.2) is 160 Å². The van der Waals surface area contributed by atoms with Gasteiger partial charge in [0.2, 0.25) is 29.6 Å². The van der Waals surface area contributed by atoms with Gasteiger partial charge in [-0.3, -0.25) is 19.2 Å². The summed E-state index contributed by atoms with van der Waals surface area (Å²) < 4.78 is 34.6. The Kier molecular flexibility index (Phi) is 18.2. The SMILES string of the molecule is CC(=O)N1CCN(c2nc(NCCC(=O)N(C)CCOCCOC[C@H](NC(=O)[C@@H]3C[C@@H](O)CN3C(=O)[C@H](c3cc(C)no3)C(C)C)c3ccc(-c4scnc4C)cc3)nc3c(F)c(-c4cc(O)cc5ccccc45)c(Cl)cc23)CC1. The number of carbonyl (C=O) groups is 4. The number of anilines is 2. The van der Waals surface area contributed by atoms with E-state index in [1.165, 1.54) is 29.2 Å². The molecule has 2 fully saturated rings. The van der Waals surface area contributed by atoms with Gasteiger partial charge in [-0.15, -0.1) is 11.3 Å². The zero-order valence-corrected chi connectivity index (χ0v) is 47.2. The molecule has 4 N–H and O–H groups in total. The van der Waals surface area contributed by atoms with Gasteiger partial charge >= 0.3 is 0 Å². The van der Waals surface area contributed by atoms with E-state index in [-0.39, 0.29) is 110 Å². The third kappa shape index (κ3) is 13.0. The van der Waals surface area contributed by atoms with Crippen molar-refractivity contribution in [3.8, 4) is 27.3 Å². The maximum absolute atomic E-state index is 17.1. The Bertz CT molecular complexity index is 3370. The number of ether oxygens (including phenoxy) is 2. The predicted molar refractivity (Wildman–Crippen MR) is 304 cm³/mol. The summed E-state index contributed by atoms with van der Waals surface area (Å²) in [6.07, 6.45) is -0.771. The molecule has 422 valence electrons. The van der Waals surface area contributed by atoms with Gasteiger partial charge in [0.15, 0.2) is 5.82 Å². The van der Waals surface area contributed by atoms with Crippen LogP contribution in [0.2, 0.25) is 5.02 Å². The van der Waals surface area contributed by atoms with E-state index in [9.17, 15) is 29.4 Å². The molecule has 4 atom stereocenters. The van der Waals surface area contributed by atoms with Crippen LogP contribution in [0, 0.1) is 25.6 Å². The molecule has 4 amide bonds. The fourth-order valence-corrected chi connectivity index (χ4v) is 11.5. The molecule has 5 heterocycles. The van der Waals surface area contributed by atoms with E-state index in [0.717, 1.165) is 21.7 Å². The molecule has 3 aromatic heterocycles. The normalized spacial score (nSPS) is 16.4. The molecule has 0 aliphatic carbocycles. The van der Waals surface area contributed by atoms with Crippen molar-refractivity contribution >= 4 is 80.0 Å². The molecule has 9 rings (SSSR count). The summed E-state index contributed by atoms with van der Waals surface area (Å²) in [5.41, 5.74) is 5.57. The van der Waals surface area contributed by atoms with Crippen LogP contribution >= 0.6 is 22.9 Å². The quantitative estimate of drug-likeness (QED) is 0.0502. The molecule has 0 radical (unpaired) electrons. The van der Waals surface area contributed by atoms with Gasteiger partial charge in [-0.1, -0.05) is 79.1 Å². The van der Waals surface area contributed by atoms with Gasteiger partial charge in [0.25, 0.3) is 0 Å². The number of hydrogen-bond donors (Lipinski definition) is 4. The number of β-amino-alcohol motifs (C(OH)–C–C–N with tert-alkyl or cyclic N) is 1. The van der Waals surface area contributed by atoms with E-state index in [1.807, 2.05) is 74.2 Å². The molecular formula is C58H66ClFN10O9S. The summed E-state index contributed by atoms with van der Waals surface area (Å²) >= 11 is 8.44. The van der Waals surface area contributed by atoms with Crippen molar-refractivity contribution in [3.63, 3.8) is 0 Å². The molecule has 2 saturated heterocycles. The Morgan fingerprint density at radius 2 is 1.71 bits per heavy atom. The second-order valence-electron chi connectivity index (χ2n) is 20.6. The molecule has 2 aliphatic rings. The molecule has 0 bridgehead atoms. The number of halogens is 2. The Hall–Kier alpha value is -7.30. The first-order valence-corrected chi connectivity index (χ1v) is 28.0. The minimum atomic E-state index is -0.937. The number of likely N-dealkylation sites (tertiary alicyclic amines) is 1. The van der Waals surface area contributed by atoms with Gasteiger partial charge in [-0.25, -0.2) is 14.4 Å². The van der Waals surface area contributed by atoms with Crippen LogP contribution < -0.4 is 15.5 Å². The second-order valence-corrected chi connectivity index (χ2v) is 21.9. The number of fused-ring (bicyclic) bond motifs is 2. The van der Waals surface area contributed by atoms with Gasteiger partial charge in [-0.05, 0) is 65.4 Å². The smallest absolute Gasteiger partial charge is 0.243 e. The fraction of sp³-hybridized carbons (Fsp3) is 0.414. The van der Waals surface area contributed by atoms with Crippen LogP contribution in [0.5, 0.6) is 5.75 Å². The minimum Gasteiger partial charge on any atom is -0.508 e. The molecule has 7 aromatic rings. The molecule has 2 aliphatic heterocycles. The van der Waals surface area contributed by atoms with Crippen molar-refractivity contribution in [3.05, 3.63) is 112 Å². The van der Waals surface area contributed by atoms with Crippen LogP contribution in [0.1, 0.15) is 68.3 Å². The highest BCUT2D eigenvalue weighted by molar-refractivity contribution is 7.13. The predicted octanol–water partition coefficient (Wildman–Crippen LogP) is 7.90. The van der Waals surface area contributed by atoms with Gasteiger partial charge in [0, 0.05) is 89.6 Å². The van der Waals surface area contributed by atoms with Crippen LogP contribution in [0.15, 0.2) is 82.8 Å². The van der Waals surface area contributed by atoms with Crippen molar-refractivity contribution in [1.29, 1.82) is 0 Å². The van der Waals surface area contributed by atoms with E-state index < -0.39 is 35.8 Å². The highest BCUT2D eigenvalue weighted by atomic mass is 35.5. The van der Waals surface area contributed by atoms with Gasteiger partial charge in [-0.2, -0.15) is 4.98 Å². The first-order chi connectivity index (χ1) is 38.4. The number of aryl methyl sites for hydroxylation is 2. The maximum Gasteiger partial charge on any atom is 0.243 e. The molecule has 4 aromatic carbocycles. The number of nitrogens with one attached hydrogen (secondary N) is 2. The lowest BCUT2D eigenvalue weighted by Crippen LogP contribution is -2.49. The number of piperazine rings is 1. The zero-order chi connectivity index (χ0) is 56.8. The number of likely N-dealkylation sites (N-methyl/N-ethyl adjacent to an activating group) is 1.